The predicted octanol–water partition coefficient (Wildman–Crippen LogP) is 3.71. The molecule has 0 fully saturated rings. The van der Waals surface area contributed by atoms with Crippen LogP contribution < -0.4 is 5.43 Å². The van der Waals surface area contributed by atoms with Gasteiger partial charge in [0.25, 0.3) is 5.91 Å². The van der Waals surface area contributed by atoms with Crippen molar-refractivity contribution in [1.82, 2.24) is 14.7 Å². The van der Waals surface area contributed by atoms with Gasteiger partial charge in [-0.25, -0.2) is 0 Å². The molecule has 0 aliphatic carbocycles. The summed E-state index contributed by atoms with van der Waals surface area (Å²) in [5.74, 6) is -1.34. The Kier molecular flexibility index (Phi) is 5.06. The highest BCUT2D eigenvalue weighted by molar-refractivity contribution is 6.31. The Morgan fingerprint density at radius 2 is 1.66 bits per heavy atom. The fraction of sp³-hybridized carbons (Fsp3) is 0.190. The molecule has 6 nitrogen and oxygen atoms in total. The predicted molar refractivity (Wildman–Crippen MR) is 111 cm³/mol. The summed E-state index contributed by atoms with van der Waals surface area (Å²) in [6.07, 6.45) is 1.03. The summed E-state index contributed by atoms with van der Waals surface area (Å²) < 4.78 is 1.44. The van der Waals surface area contributed by atoms with Gasteiger partial charge in [0.2, 0.25) is 5.43 Å². The van der Waals surface area contributed by atoms with E-state index in [1.807, 2.05) is 36.4 Å². The second kappa shape index (κ2) is 7.54. The number of fused-ring (bicyclic) bond motifs is 1. The van der Waals surface area contributed by atoms with Crippen LogP contribution in [0.3, 0.4) is 0 Å². The molecule has 1 amide bonds. The van der Waals surface area contributed by atoms with Crippen molar-refractivity contribution < 1.29 is 9.90 Å². The van der Waals surface area contributed by atoms with E-state index in [0.29, 0.717) is 16.6 Å². The van der Waals surface area contributed by atoms with Crippen molar-refractivity contribution in [3.8, 4) is 5.75 Å². The van der Waals surface area contributed by atoms with Gasteiger partial charge in [-0.05, 0) is 35.4 Å². The third-order valence-electron chi connectivity index (χ3n) is 5.11. The number of halogens is 2. The zero-order valence-electron chi connectivity index (χ0n) is 15.4. The van der Waals surface area contributed by atoms with E-state index in [2.05, 4.69) is 5.10 Å². The first kappa shape index (κ1) is 19.5. The van der Waals surface area contributed by atoms with Crippen LogP contribution in [0.5, 0.6) is 5.75 Å². The first-order valence-electron chi connectivity index (χ1n) is 8.94. The summed E-state index contributed by atoms with van der Waals surface area (Å²) in [6, 6.07) is 14.5. The number of hydrogen-bond acceptors (Lipinski definition) is 4. The van der Waals surface area contributed by atoms with Gasteiger partial charge in [0, 0.05) is 29.6 Å². The maximum Gasteiger partial charge on any atom is 0.275 e. The number of nitrogens with zero attached hydrogens (tertiary/aromatic N) is 3. The number of aromatic nitrogens is 2. The lowest BCUT2D eigenvalue weighted by Crippen LogP contribution is -2.45. The number of hydrogen-bond donors (Lipinski definition) is 1. The summed E-state index contributed by atoms with van der Waals surface area (Å²) in [5, 5.41) is 15.6. The molecular weight excluding hydrogens is 413 g/mol. The van der Waals surface area contributed by atoms with E-state index in [9.17, 15) is 14.7 Å². The number of benzene rings is 2. The minimum Gasteiger partial charge on any atom is -0.502 e. The number of carbonyl (C=O) groups excluding carboxylic acids is 1. The molecule has 0 radical (unpaired) electrons. The Morgan fingerprint density at radius 3 is 2.21 bits per heavy atom. The van der Waals surface area contributed by atoms with Gasteiger partial charge in [-0.1, -0.05) is 47.5 Å². The van der Waals surface area contributed by atoms with Crippen molar-refractivity contribution in [2.24, 2.45) is 0 Å². The summed E-state index contributed by atoms with van der Waals surface area (Å²) in [7, 11) is 1.63. The van der Waals surface area contributed by atoms with Crippen molar-refractivity contribution in [2.45, 2.75) is 12.0 Å². The number of aromatic hydroxyl groups is 1. The van der Waals surface area contributed by atoms with E-state index in [1.165, 1.54) is 9.58 Å². The van der Waals surface area contributed by atoms with Crippen LogP contribution in [0.2, 0.25) is 10.0 Å². The highest BCUT2D eigenvalue weighted by atomic mass is 35.5. The topological polar surface area (TPSA) is 75.4 Å². The lowest BCUT2D eigenvalue weighted by atomic mass is 9.84. The van der Waals surface area contributed by atoms with Gasteiger partial charge in [0.15, 0.2) is 11.4 Å². The Balaban J connectivity index is 1.97. The van der Waals surface area contributed by atoms with Crippen LogP contribution in [0.1, 0.15) is 33.6 Å². The maximum atomic E-state index is 12.7. The van der Waals surface area contributed by atoms with Crippen LogP contribution in [0, 0.1) is 0 Å². The van der Waals surface area contributed by atoms with Gasteiger partial charge in [0.1, 0.15) is 0 Å². The first-order chi connectivity index (χ1) is 13.9. The lowest BCUT2D eigenvalue weighted by Gasteiger charge is -2.37. The van der Waals surface area contributed by atoms with E-state index >= 15 is 0 Å². The van der Waals surface area contributed by atoms with Gasteiger partial charge < -0.3 is 10.0 Å². The van der Waals surface area contributed by atoms with Gasteiger partial charge in [-0.3, -0.25) is 14.3 Å². The van der Waals surface area contributed by atoms with E-state index in [-0.39, 0.29) is 11.6 Å². The highest BCUT2D eigenvalue weighted by Crippen LogP contribution is 2.40. The summed E-state index contributed by atoms with van der Waals surface area (Å²) in [4.78, 5) is 26.1. The van der Waals surface area contributed by atoms with Gasteiger partial charge in [0.05, 0.1) is 12.2 Å². The maximum absolute atomic E-state index is 12.7. The second-order valence-electron chi connectivity index (χ2n) is 6.99. The van der Waals surface area contributed by atoms with Crippen LogP contribution in [-0.4, -0.2) is 39.3 Å². The number of carbonyl (C=O) groups is 1. The fourth-order valence-electron chi connectivity index (χ4n) is 3.81. The molecule has 1 atom stereocenters. The van der Waals surface area contributed by atoms with Crippen molar-refractivity contribution >= 4 is 29.1 Å². The Labute approximate surface area is 176 Å². The number of rotatable bonds is 3. The van der Waals surface area contributed by atoms with E-state index in [4.69, 9.17) is 23.2 Å². The smallest absolute Gasteiger partial charge is 0.275 e. The quantitative estimate of drug-likeness (QED) is 0.688. The monoisotopic (exact) mass is 429 g/mol. The SMILES string of the molecule is CN1C[C@H](C(c2cccc(Cl)c2)c2cccc(Cl)c2)n2ncc(=O)c(O)c2C1=O. The molecule has 2 aromatic carbocycles. The average molecular weight is 430 g/mol. The normalized spacial score (nSPS) is 16.2. The molecule has 8 heteroatoms. The fourth-order valence-corrected chi connectivity index (χ4v) is 4.21. The summed E-state index contributed by atoms with van der Waals surface area (Å²) in [5.41, 5.74) is 0.989. The van der Waals surface area contributed by atoms with Gasteiger partial charge in [-0.15, -0.1) is 0 Å². The molecule has 1 N–H and O–H groups in total. The highest BCUT2D eigenvalue weighted by Gasteiger charge is 2.38. The zero-order valence-corrected chi connectivity index (χ0v) is 16.9. The van der Waals surface area contributed by atoms with Gasteiger partial charge >= 0.3 is 0 Å². The second-order valence-corrected chi connectivity index (χ2v) is 7.86. The molecule has 3 aromatic rings. The molecule has 0 saturated carbocycles. The minimum atomic E-state index is -0.694. The van der Waals surface area contributed by atoms with Crippen molar-refractivity contribution in [3.05, 3.63) is 91.8 Å². The third-order valence-corrected chi connectivity index (χ3v) is 5.58. The molecule has 2 heterocycles. The van der Waals surface area contributed by atoms with Crippen LogP contribution in [0.15, 0.2) is 59.5 Å². The summed E-state index contributed by atoms with van der Waals surface area (Å²) in [6.45, 7) is 0.324. The molecule has 0 spiro atoms. The minimum absolute atomic E-state index is 0.120. The largest absolute Gasteiger partial charge is 0.502 e. The standard InChI is InChI=1S/C21H17Cl2N3O3/c1-25-11-16(26-19(21(25)29)20(28)17(27)10-24-26)18(12-4-2-6-14(22)8-12)13-5-3-7-15(23)9-13/h2-10,16,18,28H,11H2,1H3/t16-/m1/s1. The average Bonchev–Trinajstić information content (AvgIpc) is 2.68. The molecule has 1 aromatic heterocycles. The summed E-state index contributed by atoms with van der Waals surface area (Å²) >= 11 is 12.5. The molecule has 0 unspecified atom stereocenters. The van der Waals surface area contributed by atoms with Gasteiger partial charge in [-0.2, -0.15) is 5.10 Å². The van der Waals surface area contributed by atoms with E-state index in [1.54, 1.807) is 19.2 Å². The van der Waals surface area contributed by atoms with Crippen LogP contribution >= 0.6 is 23.2 Å². The molecule has 0 saturated heterocycles. The number of likely N-dealkylation sites (N-methyl/N-ethyl adjacent to an activating group) is 1. The van der Waals surface area contributed by atoms with Crippen molar-refractivity contribution in [3.63, 3.8) is 0 Å². The molecule has 148 valence electrons. The lowest BCUT2D eigenvalue weighted by molar-refractivity contribution is 0.0686. The molecule has 4 rings (SSSR count). The Morgan fingerprint density at radius 1 is 1.07 bits per heavy atom. The van der Waals surface area contributed by atoms with Crippen molar-refractivity contribution in [1.29, 1.82) is 0 Å². The van der Waals surface area contributed by atoms with E-state index < -0.39 is 23.1 Å². The Bertz CT molecular complexity index is 1120. The molecule has 1 aliphatic heterocycles. The Hall–Kier alpha value is -2.83. The van der Waals surface area contributed by atoms with Crippen LogP contribution in [-0.2, 0) is 0 Å². The molecule has 1 aliphatic rings. The van der Waals surface area contributed by atoms with Crippen LogP contribution in [0.4, 0.5) is 0 Å². The molecule has 0 bridgehead atoms. The molecule has 29 heavy (non-hydrogen) atoms. The van der Waals surface area contributed by atoms with E-state index in [0.717, 1.165) is 17.3 Å². The zero-order chi connectivity index (χ0) is 20.7. The van der Waals surface area contributed by atoms with Crippen molar-refractivity contribution in [2.75, 3.05) is 13.6 Å². The molecular formula is C21H17Cl2N3O3. The number of amides is 1. The van der Waals surface area contributed by atoms with Crippen LogP contribution in [0.25, 0.3) is 0 Å². The third kappa shape index (κ3) is 3.50. The first-order valence-corrected chi connectivity index (χ1v) is 9.69.